The molecule has 1 aromatic rings. The Kier molecular flexibility index (Phi) is 2.64. The molecule has 0 amide bonds. The van der Waals surface area contributed by atoms with Crippen LogP contribution in [0.25, 0.3) is 0 Å². The lowest BCUT2D eigenvalue weighted by Crippen LogP contribution is -2.30. The van der Waals surface area contributed by atoms with Crippen molar-refractivity contribution in [3.8, 4) is 0 Å². The fourth-order valence-electron chi connectivity index (χ4n) is 1.84. The molecular formula is C12H19NO. The summed E-state index contributed by atoms with van der Waals surface area (Å²) in [5.41, 5.74) is 1.88. The van der Waals surface area contributed by atoms with Gasteiger partial charge in [-0.1, -0.05) is 13.8 Å². The van der Waals surface area contributed by atoms with Crippen LogP contribution in [0, 0.1) is 5.41 Å². The van der Waals surface area contributed by atoms with E-state index in [0.717, 1.165) is 6.54 Å². The maximum Gasteiger partial charge on any atom is 0.0934 e. The summed E-state index contributed by atoms with van der Waals surface area (Å²) in [6, 6.07) is 2.67. The fourth-order valence-corrected chi connectivity index (χ4v) is 1.84. The van der Waals surface area contributed by atoms with Gasteiger partial charge in [0.1, 0.15) is 0 Å². The molecule has 1 N–H and O–H groups in total. The maximum absolute atomic E-state index is 5.09. The van der Waals surface area contributed by atoms with Crippen LogP contribution in [0.4, 0.5) is 0 Å². The van der Waals surface area contributed by atoms with E-state index in [1.807, 2.05) is 6.26 Å². The Balaban J connectivity index is 1.84. The Bertz CT molecular complexity index is 273. The summed E-state index contributed by atoms with van der Waals surface area (Å²) in [6.45, 7) is 5.55. The topological polar surface area (TPSA) is 25.2 Å². The van der Waals surface area contributed by atoms with Crippen molar-refractivity contribution in [2.24, 2.45) is 5.41 Å². The number of rotatable bonds is 5. The third-order valence-corrected chi connectivity index (χ3v) is 3.00. The standard InChI is InChI=1S/C12H19NO/c1-10(2)13-9-12(4-5-12)7-11-3-6-14-8-11/h3,6,8,10,13H,4-5,7,9H2,1-2H3. The first-order valence-corrected chi connectivity index (χ1v) is 5.45. The fraction of sp³-hybridized carbons (Fsp3) is 0.667. The van der Waals surface area contributed by atoms with Crippen LogP contribution in [-0.4, -0.2) is 12.6 Å². The summed E-state index contributed by atoms with van der Waals surface area (Å²) in [7, 11) is 0. The second-order valence-electron chi connectivity index (χ2n) is 4.84. The Morgan fingerprint density at radius 3 is 2.79 bits per heavy atom. The lowest BCUT2D eigenvalue weighted by Gasteiger charge is -2.17. The Hall–Kier alpha value is -0.760. The van der Waals surface area contributed by atoms with Crippen LogP contribution in [0.3, 0.4) is 0 Å². The van der Waals surface area contributed by atoms with E-state index >= 15 is 0 Å². The van der Waals surface area contributed by atoms with Crippen LogP contribution in [0.15, 0.2) is 23.0 Å². The number of hydrogen-bond donors (Lipinski definition) is 1. The van der Waals surface area contributed by atoms with Gasteiger partial charge < -0.3 is 9.73 Å². The zero-order chi connectivity index (χ0) is 10.0. The maximum atomic E-state index is 5.09. The monoisotopic (exact) mass is 193 g/mol. The van der Waals surface area contributed by atoms with Gasteiger partial charge in [-0.2, -0.15) is 0 Å². The molecule has 0 spiro atoms. The predicted octanol–water partition coefficient (Wildman–Crippen LogP) is 2.60. The molecular weight excluding hydrogens is 174 g/mol. The molecule has 0 aliphatic heterocycles. The van der Waals surface area contributed by atoms with Gasteiger partial charge in [0, 0.05) is 12.6 Å². The summed E-state index contributed by atoms with van der Waals surface area (Å²) in [5.74, 6) is 0. The molecule has 1 fully saturated rings. The van der Waals surface area contributed by atoms with Crippen molar-refractivity contribution in [1.82, 2.24) is 5.32 Å². The van der Waals surface area contributed by atoms with Crippen molar-refractivity contribution in [3.63, 3.8) is 0 Å². The largest absolute Gasteiger partial charge is 0.472 e. The van der Waals surface area contributed by atoms with E-state index in [-0.39, 0.29) is 0 Å². The van der Waals surface area contributed by atoms with Gasteiger partial charge in [0.25, 0.3) is 0 Å². The highest BCUT2D eigenvalue weighted by molar-refractivity contribution is 5.13. The average Bonchev–Trinajstić information content (AvgIpc) is 2.70. The summed E-state index contributed by atoms with van der Waals surface area (Å²) >= 11 is 0. The first-order valence-electron chi connectivity index (χ1n) is 5.45. The van der Waals surface area contributed by atoms with Crippen LogP contribution in [-0.2, 0) is 6.42 Å². The van der Waals surface area contributed by atoms with Gasteiger partial charge in [-0.05, 0) is 36.3 Å². The molecule has 78 valence electrons. The Morgan fingerprint density at radius 1 is 1.50 bits per heavy atom. The molecule has 0 aromatic carbocycles. The lowest BCUT2D eigenvalue weighted by molar-refractivity contribution is 0.427. The predicted molar refractivity (Wildman–Crippen MR) is 57.2 cm³/mol. The van der Waals surface area contributed by atoms with Crippen LogP contribution < -0.4 is 5.32 Å². The van der Waals surface area contributed by atoms with Crippen molar-refractivity contribution < 1.29 is 4.42 Å². The van der Waals surface area contributed by atoms with Gasteiger partial charge in [-0.25, -0.2) is 0 Å². The van der Waals surface area contributed by atoms with Gasteiger partial charge in [0.05, 0.1) is 12.5 Å². The van der Waals surface area contributed by atoms with Gasteiger partial charge in [0.15, 0.2) is 0 Å². The van der Waals surface area contributed by atoms with Crippen molar-refractivity contribution in [2.45, 2.75) is 39.2 Å². The molecule has 1 saturated carbocycles. The van der Waals surface area contributed by atoms with Crippen molar-refractivity contribution in [2.75, 3.05) is 6.54 Å². The van der Waals surface area contributed by atoms with Crippen LogP contribution in [0.1, 0.15) is 32.3 Å². The molecule has 1 aliphatic carbocycles. The molecule has 2 nitrogen and oxygen atoms in total. The van der Waals surface area contributed by atoms with Gasteiger partial charge >= 0.3 is 0 Å². The van der Waals surface area contributed by atoms with E-state index in [0.29, 0.717) is 11.5 Å². The third kappa shape index (κ3) is 2.38. The highest BCUT2D eigenvalue weighted by Gasteiger charge is 2.42. The van der Waals surface area contributed by atoms with E-state index < -0.39 is 0 Å². The first kappa shape index (κ1) is 9.78. The molecule has 2 heteroatoms. The zero-order valence-corrected chi connectivity index (χ0v) is 9.05. The minimum Gasteiger partial charge on any atom is -0.472 e. The molecule has 0 radical (unpaired) electrons. The second-order valence-corrected chi connectivity index (χ2v) is 4.84. The zero-order valence-electron chi connectivity index (χ0n) is 9.05. The quantitative estimate of drug-likeness (QED) is 0.777. The highest BCUT2D eigenvalue weighted by atomic mass is 16.3. The molecule has 1 aromatic heterocycles. The van der Waals surface area contributed by atoms with Crippen LogP contribution in [0.2, 0.25) is 0 Å². The van der Waals surface area contributed by atoms with Crippen molar-refractivity contribution >= 4 is 0 Å². The van der Waals surface area contributed by atoms with E-state index in [2.05, 4.69) is 25.2 Å². The SMILES string of the molecule is CC(C)NCC1(Cc2ccoc2)CC1. The average molecular weight is 193 g/mol. The Morgan fingerprint density at radius 2 is 2.29 bits per heavy atom. The van der Waals surface area contributed by atoms with E-state index in [1.54, 1.807) is 6.26 Å². The lowest BCUT2D eigenvalue weighted by atomic mass is 9.98. The van der Waals surface area contributed by atoms with Gasteiger partial charge in [-0.3, -0.25) is 0 Å². The number of nitrogens with one attached hydrogen (secondary N) is 1. The summed E-state index contributed by atoms with van der Waals surface area (Å²) < 4.78 is 5.09. The van der Waals surface area contributed by atoms with Crippen molar-refractivity contribution in [3.05, 3.63) is 24.2 Å². The third-order valence-electron chi connectivity index (χ3n) is 3.00. The first-order chi connectivity index (χ1) is 6.70. The molecule has 1 heterocycles. The molecule has 1 aliphatic rings. The molecule has 0 atom stereocenters. The van der Waals surface area contributed by atoms with Gasteiger partial charge in [-0.15, -0.1) is 0 Å². The molecule has 14 heavy (non-hydrogen) atoms. The van der Waals surface area contributed by atoms with E-state index in [1.165, 1.54) is 24.8 Å². The van der Waals surface area contributed by atoms with Crippen LogP contribution >= 0.6 is 0 Å². The molecule has 0 bridgehead atoms. The molecule has 0 unspecified atom stereocenters. The minimum absolute atomic E-state index is 0.536. The number of furan rings is 1. The van der Waals surface area contributed by atoms with E-state index in [4.69, 9.17) is 4.42 Å². The second kappa shape index (κ2) is 3.77. The number of hydrogen-bond acceptors (Lipinski definition) is 2. The van der Waals surface area contributed by atoms with E-state index in [9.17, 15) is 0 Å². The van der Waals surface area contributed by atoms with Crippen LogP contribution in [0.5, 0.6) is 0 Å². The molecule has 0 saturated heterocycles. The summed E-state index contributed by atoms with van der Waals surface area (Å²) in [5, 5.41) is 3.53. The molecule has 2 rings (SSSR count). The minimum atomic E-state index is 0.536. The van der Waals surface area contributed by atoms with Gasteiger partial charge in [0.2, 0.25) is 0 Å². The van der Waals surface area contributed by atoms with Crippen molar-refractivity contribution in [1.29, 1.82) is 0 Å². The highest BCUT2D eigenvalue weighted by Crippen LogP contribution is 2.47. The summed E-state index contributed by atoms with van der Waals surface area (Å²) in [6.07, 6.45) is 7.52. The smallest absolute Gasteiger partial charge is 0.0934 e. The summed E-state index contributed by atoms with van der Waals surface area (Å²) in [4.78, 5) is 0. The normalized spacial score (nSPS) is 18.8. The Labute approximate surface area is 85.7 Å².